The van der Waals surface area contributed by atoms with Crippen molar-refractivity contribution in [3.8, 4) is 0 Å². The van der Waals surface area contributed by atoms with Crippen molar-refractivity contribution in [2.24, 2.45) is 21.7 Å². The smallest absolute Gasteiger partial charge is 0.268 e. The number of hydrogen-bond acceptors (Lipinski definition) is 7. The van der Waals surface area contributed by atoms with E-state index >= 15 is 0 Å². The largest absolute Gasteiger partial charge is 0.342 e. The van der Waals surface area contributed by atoms with Gasteiger partial charge in [0.2, 0.25) is 0 Å². The highest BCUT2D eigenvalue weighted by Crippen LogP contribution is 2.50. The third-order valence-corrected chi connectivity index (χ3v) is 9.33. The highest BCUT2D eigenvalue weighted by molar-refractivity contribution is 7.89. The Hall–Kier alpha value is -4.02. The van der Waals surface area contributed by atoms with Crippen molar-refractivity contribution < 1.29 is 13.2 Å². The van der Waals surface area contributed by atoms with Crippen molar-refractivity contribution in [1.82, 2.24) is 14.3 Å². The van der Waals surface area contributed by atoms with Crippen molar-refractivity contribution in [3.05, 3.63) is 90.1 Å². The van der Waals surface area contributed by atoms with Crippen LogP contribution in [0.15, 0.2) is 94.2 Å². The predicted molar refractivity (Wildman–Crippen MR) is 146 cm³/mol. The molecule has 0 amide bonds. The first kappa shape index (κ1) is 24.3. The van der Waals surface area contributed by atoms with E-state index in [9.17, 15) is 13.2 Å². The maximum absolute atomic E-state index is 14.3. The van der Waals surface area contributed by atoms with Gasteiger partial charge in [-0.25, -0.2) is 22.7 Å². The van der Waals surface area contributed by atoms with E-state index in [1.165, 1.54) is 22.7 Å². The number of aryl methyl sites for hydroxylation is 1. The van der Waals surface area contributed by atoms with Crippen LogP contribution in [0, 0.1) is 17.8 Å². The van der Waals surface area contributed by atoms with E-state index in [1.54, 1.807) is 42.3 Å². The van der Waals surface area contributed by atoms with Gasteiger partial charge in [0.25, 0.3) is 10.0 Å². The van der Waals surface area contributed by atoms with E-state index in [1.807, 2.05) is 44.2 Å². The second-order valence-electron chi connectivity index (χ2n) is 10.4. The van der Waals surface area contributed by atoms with E-state index in [-0.39, 0.29) is 10.6 Å². The molecule has 0 saturated heterocycles. The van der Waals surface area contributed by atoms with Gasteiger partial charge in [-0.2, -0.15) is 5.10 Å². The number of fused-ring (bicyclic) bond motifs is 2. The molecule has 38 heavy (non-hydrogen) atoms. The molecular weight excluding hydrogens is 500 g/mol. The maximum atomic E-state index is 14.3. The Balaban J connectivity index is 1.40. The summed E-state index contributed by atoms with van der Waals surface area (Å²) in [5, 5.41) is 6.10. The Bertz CT molecular complexity index is 1700. The molecule has 3 atom stereocenters. The van der Waals surface area contributed by atoms with Gasteiger partial charge in [0, 0.05) is 17.3 Å². The van der Waals surface area contributed by atoms with Gasteiger partial charge in [-0.15, -0.1) is 0 Å². The molecule has 1 aromatic heterocycles. The number of carbonyl (C=O) groups excluding carboxylic acids is 1. The van der Waals surface area contributed by atoms with Crippen molar-refractivity contribution in [2.75, 3.05) is 5.01 Å². The number of aromatic nitrogens is 2. The third kappa shape index (κ3) is 3.48. The normalized spacial score (nSPS) is 26.6. The van der Waals surface area contributed by atoms with Gasteiger partial charge in [0.05, 0.1) is 27.3 Å². The van der Waals surface area contributed by atoms with Gasteiger partial charge in [-0.3, -0.25) is 4.79 Å². The number of allylic oxidation sites excluding steroid dienone is 5. The zero-order valence-electron chi connectivity index (χ0n) is 21.3. The third-order valence-electron chi connectivity index (χ3n) is 7.59. The molecule has 3 aliphatic rings. The van der Waals surface area contributed by atoms with E-state index in [2.05, 4.69) is 15.1 Å². The zero-order chi connectivity index (χ0) is 26.9. The van der Waals surface area contributed by atoms with Gasteiger partial charge in [-0.05, 0) is 62.8 Å². The van der Waals surface area contributed by atoms with Crippen LogP contribution in [0.1, 0.15) is 26.1 Å². The molecule has 2 aliphatic heterocycles. The number of nitrogens with two attached hydrogens (primary N) is 1. The minimum Gasteiger partial charge on any atom is -0.342 e. The molecule has 0 fully saturated rings. The summed E-state index contributed by atoms with van der Waals surface area (Å²) in [5.41, 5.74) is 7.71. The molecule has 3 unspecified atom stereocenters. The zero-order valence-corrected chi connectivity index (χ0v) is 22.1. The predicted octanol–water partition coefficient (Wildman–Crippen LogP) is 3.98. The monoisotopic (exact) mass is 528 g/mol. The number of imidazole rings is 1. The second kappa shape index (κ2) is 8.24. The summed E-state index contributed by atoms with van der Waals surface area (Å²) >= 11 is 0. The summed E-state index contributed by atoms with van der Waals surface area (Å²) in [6.45, 7) is 5.52. The van der Waals surface area contributed by atoms with Crippen LogP contribution in [0.25, 0.3) is 11.0 Å². The van der Waals surface area contributed by atoms with Gasteiger partial charge >= 0.3 is 0 Å². The lowest BCUT2D eigenvalue weighted by Gasteiger charge is -2.34. The quantitative estimate of drug-likeness (QED) is 0.516. The average Bonchev–Trinajstić information content (AvgIpc) is 3.54. The number of aromatic amines is 1. The Morgan fingerprint density at radius 3 is 2.68 bits per heavy atom. The van der Waals surface area contributed by atoms with Crippen LogP contribution in [0.5, 0.6) is 0 Å². The summed E-state index contributed by atoms with van der Waals surface area (Å²) in [4.78, 5) is 22.1. The lowest BCUT2D eigenvalue weighted by atomic mass is 9.80. The van der Waals surface area contributed by atoms with Crippen molar-refractivity contribution in [2.45, 2.75) is 38.3 Å². The van der Waals surface area contributed by atoms with Gasteiger partial charge in [-0.1, -0.05) is 37.3 Å². The molecule has 6 rings (SSSR count). The van der Waals surface area contributed by atoms with E-state index < -0.39 is 32.8 Å². The number of H-pyrrole nitrogens is 1. The molecule has 0 bridgehead atoms. The second-order valence-corrected chi connectivity index (χ2v) is 12.2. The Morgan fingerprint density at radius 1 is 1.16 bits per heavy atom. The molecule has 0 saturated carbocycles. The lowest BCUT2D eigenvalue weighted by Crippen LogP contribution is -2.52. The number of carbonyl (C=O) groups is 1. The minimum atomic E-state index is -4.07. The first-order valence-electron chi connectivity index (χ1n) is 12.4. The number of ketones is 1. The molecule has 3 N–H and O–H groups in total. The summed E-state index contributed by atoms with van der Waals surface area (Å²) in [5.74, 6) is 0.378. The van der Waals surface area contributed by atoms with Gasteiger partial charge in [0.15, 0.2) is 5.78 Å². The van der Waals surface area contributed by atoms with E-state index in [0.717, 1.165) is 16.9 Å². The summed E-state index contributed by atoms with van der Waals surface area (Å²) in [6.07, 6.45) is 8.56. The maximum Gasteiger partial charge on any atom is 0.268 e. The fourth-order valence-electron chi connectivity index (χ4n) is 5.35. The van der Waals surface area contributed by atoms with Crippen LogP contribution in [0.3, 0.4) is 0 Å². The number of Topliss-reactive ketones (excluding diaryl/α,β-unsaturated/α-hetero) is 1. The lowest BCUT2D eigenvalue weighted by molar-refractivity contribution is -0.122. The number of nitrogens with zero attached hydrogens (tertiary/aromatic N) is 4. The standard InChI is InChI=1S/C28H28N6O3S/c1-18-31-21-13-12-19(15-22(21)32-18)33-26(29)28(3,17-30-33)25(35)23-16-27(2)14-8-7-11-24(27)34(23)38(36,37)20-9-5-4-6-10-20/h4-13,15-17,26H,14,29H2,1-3H3,(H,31,32). The van der Waals surface area contributed by atoms with Crippen LogP contribution >= 0.6 is 0 Å². The van der Waals surface area contributed by atoms with Crippen LogP contribution in [-0.2, 0) is 14.8 Å². The van der Waals surface area contributed by atoms with Crippen LogP contribution in [0.2, 0.25) is 0 Å². The molecule has 3 heterocycles. The first-order chi connectivity index (χ1) is 18.0. The highest BCUT2D eigenvalue weighted by Gasteiger charge is 2.53. The summed E-state index contributed by atoms with van der Waals surface area (Å²) in [7, 11) is -4.07. The number of nitrogens with one attached hydrogen (secondary N) is 1. The van der Waals surface area contributed by atoms with Gasteiger partial charge in [0.1, 0.15) is 17.4 Å². The minimum absolute atomic E-state index is 0.0807. The molecule has 9 nitrogen and oxygen atoms in total. The number of anilines is 1. The Morgan fingerprint density at radius 2 is 1.92 bits per heavy atom. The molecule has 3 aromatic rings. The molecule has 194 valence electrons. The number of benzene rings is 2. The fraction of sp³-hybridized carbons (Fsp3) is 0.250. The number of hydrogen-bond donors (Lipinski definition) is 2. The number of rotatable bonds is 5. The molecule has 2 aromatic carbocycles. The Kier molecular flexibility index (Phi) is 5.27. The van der Waals surface area contributed by atoms with Crippen LogP contribution in [-0.4, -0.2) is 40.9 Å². The molecule has 10 heteroatoms. The van der Waals surface area contributed by atoms with E-state index in [4.69, 9.17) is 5.73 Å². The average molecular weight is 529 g/mol. The topological polar surface area (TPSA) is 125 Å². The molecule has 0 spiro atoms. The summed E-state index contributed by atoms with van der Waals surface area (Å²) in [6, 6.07) is 13.8. The number of sulfonamides is 1. The van der Waals surface area contributed by atoms with Crippen molar-refractivity contribution >= 4 is 38.7 Å². The van der Waals surface area contributed by atoms with Crippen LogP contribution in [0.4, 0.5) is 5.69 Å². The first-order valence-corrected chi connectivity index (χ1v) is 13.8. The number of hydrazone groups is 1. The van der Waals surface area contributed by atoms with Crippen molar-refractivity contribution in [1.29, 1.82) is 0 Å². The fourth-order valence-corrected chi connectivity index (χ4v) is 6.99. The van der Waals surface area contributed by atoms with Crippen LogP contribution < -0.4 is 10.7 Å². The SMILES string of the molecule is Cc1nc2ccc(N3N=CC(C)(C(=O)C4=CC5(C)CC=CC=C5N4S(=O)(=O)c4ccccc4)C3N)cc2[nH]1. The molecule has 1 aliphatic carbocycles. The van der Waals surface area contributed by atoms with E-state index in [0.29, 0.717) is 17.8 Å². The van der Waals surface area contributed by atoms with Crippen molar-refractivity contribution in [3.63, 3.8) is 0 Å². The molecule has 0 radical (unpaired) electrons. The molecular formula is C28H28N6O3S. The highest BCUT2D eigenvalue weighted by atomic mass is 32.2. The van der Waals surface area contributed by atoms with Gasteiger partial charge < -0.3 is 10.7 Å². The summed E-state index contributed by atoms with van der Waals surface area (Å²) < 4.78 is 29.1. The Labute approximate surface area is 221 Å².